The first-order valence-electron chi connectivity index (χ1n) is 9.74. The smallest absolute Gasteiger partial charge is 0.167 e. The molecule has 1 unspecified atom stereocenters. The van der Waals surface area contributed by atoms with Gasteiger partial charge in [0.15, 0.2) is 5.65 Å². The molecule has 5 rings (SSSR count). The molecule has 1 aliphatic heterocycles. The van der Waals surface area contributed by atoms with E-state index in [2.05, 4.69) is 22.1 Å². The number of piperazine rings is 1. The summed E-state index contributed by atoms with van der Waals surface area (Å²) >= 11 is 0. The van der Waals surface area contributed by atoms with Gasteiger partial charge in [-0.3, -0.25) is 9.55 Å². The zero-order valence-corrected chi connectivity index (χ0v) is 16.1. The Hall–Kier alpha value is -3.32. The van der Waals surface area contributed by atoms with Gasteiger partial charge in [0, 0.05) is 43.6 Å². The Balaban J connectivity index is 1.71. The van der Waals surface area contributed by atoms with Crippen LogP contribution in [0.15, 0.2) is 60.9 Å². The predicted molar refractivity (Wildman–Crippen MR) is 112 cm³/mol. The van der Waals surface area contributed by atoms with E-state index in [1.54, 1.807) is 24.5 Å². The largest absolute Gasteiger partial charge is 0.351 e. The van der Waals surface area contributed by atoms with E-state index in [1.165, 1.54) is 12.1 Å². The second-order valence-corrected chi connectivity index (χ2v) is 7.24. The summed E-state index contributed by atoms with van der Waals surface area (Å²) in [6, 6.07) is 14.6. The van der Waals surface area contributed by atoms with E-state index in [0.717, 1.165) is 53.7 Å². The third kappa shape index (κ3) is 3.23. The lowest BCUT2D eigenvalue weighted by Crippen LogP contribution is -2.50. The number of nitrogens with one attached hydrogen (secondary N) is 1. The summed E-state index contributed by atoms with van der Waals surface area (Å²) in [5.41, 5.74) is 3.32. The Morgan fingerprint density at radius 2 is 1.79 bits per heavy atom. The SMILES string of the molecule is CC1CNCCN1c1ccc2nc(-c3ccc(F)cc3)n(-c3ccncc3)c2n1. The molecule has 1 aromatic carbocycles. The molecule has 1 fully saturated rings. The second-order valence-electron chi connectivity index (χ2n) is 7.24. The van der Waals surface area contributed by atoms with Crippen LogP contribution in [-0.4, -0.2) is 45.2 Å². The number of nitrogens with zero attached hydrogens (tertiary/aromatic N) is 5. The number of imidazole rings is 1. The van der Waals surface area contributed by atoms with Crippen LogP contribution >= 0.6 is 0 Å². The van der Waals surface area contributed by atoms with Crippen LogP contribution in [0, 0.1) is 5.82 Å². The first-order chi connectivity index (χ1) is 14.2. The molecule has 7 heteroatoms. The zero-order valence-electron chi connectivity index (χ0n) is 16.1. The highest BCUT2D eigenvalue weighted by atomic mass is 19.1. The first-order valence-corrected chi connectivity index (χ1v) is 9.74. The molecule has 0 aliphatic carbocycles. The van der Waals surface area contributed by atoms with Gasteiger partial charge in [0.25, 0.3) is 0 Å². The Morgan fingerprint density at radius 1 is 1.00 bits per heavy atom. The molecule has 4 heterocycles. The van der Waals surface area contributed by atoms with Gasteiger partial charge < -0.3 is 10.2 Å². The quantitative estimate of drug-likeness (QED) is 0.583. The van der Waals surface area contributed by atoms with Crippen molar-refractivity contribution in [1.29, 1.82) is 0 Å². The lowest BCUT2D eigenvalue weighted by molar-refractivity contribution is 0.497. The maximum atomic E-state index is 13.5. The van der Waals surface area contributed by atoms with Crippen LogP contribution < -0.4 is 10.2 Å². The fourth-order valence-electron chi connectivity index (χ4n) is 3.82. The number of rotatable bonds is 3. The van der Waals surface area contributed by atoms with Crippen LogP contribution in [0.3, 0.4) is 0 Å². The fourth-order valence-corrected chi connectivity index (χ4v) is 3.82. The number of anilines is 1. The van der Waals surface area contributed by atoms with Gasteiger partial charge in [-0.15, -0.1) is 0 Å². The van der Waals surface area contributed by atoms with Gasteiger partial charge in [-0.25, -0.2) is 14.4 Å². The van der Waals surface area contributed by atoms with Crippen LogP contribution in [0.5, 0.6) is 0 Å². The molecule has 0 saturated carbocycles. The third-order valence-electron chi connectivity index (χ3n) is 5.31. The fraction of sp³-hybridized carbons (Fsp3) is 0.227. The lowest BCUT2D eigenvalue weighted by Gasteiger charge is -2.34. The maximum absolute atomic E-state index is 13.5. The van der Waals surface area contributed by atoms with Crippen LogP contribution in [0.25, 0.3) is 28.2 Å². The Morgan fingerprint density at radius 3 is 2.55 bits per heavy atom. The molecule has 0 radical (unpaired) electrons. The summed E-state index contributed by atoms with van der Waals surface area (Å²) in [5, 5.41) is 3.41. The molecule has 146 valence electrons. The molecule has 1 aliphatic rings. The Kier molecular flexibility index (Phi) is 4.44. The van der Waals surface area contributed by atoms with Crippen LogP contribution in [0.4, 0.5) is 10.2 Å². The molecule has 0 spiro atoms. The summed E-state index contributed by atoms with van der Waals surface area (Å²) in [6.07, 6.45) is 3.50. The van der Waals surface area contributed by atoms with Crippen molar-refractivity contribution in [1.82, 2.24) is 24.8 Å². The van der Waals surface area contributed by atoms with Gasteiger partial charge in [-0.05, 0) is 55.5 Å². The van der Waals surface area contributed by atoms with Crippen molar-refractivity contribution in [2.24, 2.45) is 0 Å². The van der Waals surface area contributed by atoms with Crippen molar-refractivity contribution in [3.63, 3.8) is 0 Å². The van der Waals surface area contributed by atoms with E-state index in [-0.39, 0.29) is 5.82 Å². The Labute approximate surface area is 168 Å². The number of pyridine rings is 2. The summed E-state index contributed by atoms with van der Waals surface area (Å²) in [4.78, 5) is 16.3. The molecular formula is C22H21FN6. The second kappa shape index (κ2) is 7.25. The van der Waals surface area contributed by atoms with Gasteiger partial charge in [0.05, 0.1) is 5.69 Å². The third-order valence-corrected chi connectivity index (χ3v) is 5.31. The average molecular weight is 388 g/mol. The molecule has 4 aromatic rings. The number of halogens is 1. The van der Waals surface area contributed by atoms with E-state index >= 15 is 0 Å². The van der Waals surface area contributed by atoms with Crippen molar-refractivity contribution < 1.29 is 4.39 Å². The molecule has 29 heavy (non-hydrogen) atoms. The molecule has 1 N–H and O–H groups in total. The molecule has 0 bridgehead atoms. The van der Waals surface area contributed by atoms with Crippen LogP contribution in [-0.2, 0) is 0 Å². The van der Waals surface area contributed by atoms with Crippen molar-refractivity contribution in [2.45, 2.75) is 13.0 Å². The van der Waals surface area contributed by atoms with Crippen molar-refractivity contribution >= 4 is 17.0 Å². The van der Waals surface area contributed by atoms with Gasteiger partial charge in [0.2, 0.25) is 0 Å². The van der Waals surface area contributed by atoms with Gasteiger partial charge >= 0.3 is 0 Å². The number of hydrogen-bond donors (Lipinski definition) is 1. The number of aromatic nitrogens is 4. The van der Waals surface area contributed by atoms with E-state index in [1.807, 2.05) is 28.8 Å². The number of hydrogen-bond acceptors (Lipinski definition) is 5. The molecule has 3 aromatic heterocycles. The van der Waals surface area contributed by atoms with Gasteiger partial charge in [-0.1, -0.05) is 0 Å². The summed E-state index contributed by atoms with van der Waals surface area (Å²) < 4.78 is 15.5. The molecule has 1 atom stereocenters. The monoisotopic (exact) mass is 388 g/mol. The standard InChI is InChI=1S/C22H21FN6/c1-15-14-25-12-13-28(15)20-7-6-19-22(27-20)29(18-8-10-24-11-9-18)21(26-19)16-2-4-17(23)5-3-16/h2-11,15,25H,12-14H2,1H3. The first kappa shape index (κ1) is 17.8. The highest BCUT2D eigenvalue weighted by Gasteiger charge is 2.22. The average Bonchev–Trinajstić information content (AvgIpc) is 3.14. The summed E-state index contributed by atoms with van der Waals surface area (Å²) in [5.74, 6) is 1.39. The number of benzene rings is 1. The van der Waals surface area contributed by atoms with Gasteiger partial charge in [0.1, 0.15) is 23.0 Å². The maximum Gasteiger partial charge on any atom is 0.167 e. The number of fused-ring (bicyclic) bond motifs is 1. The minimum absolute atomic E-state index is 0.270. The predicted octanol–water partition coefficient (Wildman–Crippen LogP) is 3.42. The molecule has 0 amide bonds. The highest BCUT2D eigenvalue weighted by Crippen LogP contribution is 2.29. The lowest BCUT2D eigenvalue weighted by atomic mass is 10.2. The topological polar surface area (TPSA) is 58.9 Å². The van der Waals surface area contributed by atoms with Crippen LogP contribution in [0.2, 0.25) is 0 Å². The zero-order chi connectivity index (χ0) is 19.8. The molecular weight excluding hydrogens is 367 g/mol. The minimum atomic E-state index is -0.270. The summed E-state index contributed by atoms with van der Waals surface area (Å²) in [6.45, 7) is 4.98. The van der Waals surface area contributed by atoms with Crippen molar-refractivity contribution in [3.8, 4) is 17.1 Å². The minimum Gasteiger partial charge on any atom is -0.351 e. The van der Waals surface area contributed by atoms with E-state index in [0.29, 0.717) is 6.04 Å². The van der Waals surface area contributed by atoms with E-state index in [4.69, 9.17) is 9.97 Å². The normalized spacial score (nSPS) is 17.0. The van der Waals surface area contributed by atoms with Gasteiger partial charge in [-0.2, -0.15) is 0 Å². The highest BCUT2D eigenvalue weighted by molar-refractivity contribution is 5.81. The van der Waals surface area contributed by atoms with Crippen LogP contribution in [0.1, 0.15) is 6.92 Å². The van der Waals surface area contributed by atoms with E-state index < -0.39 is 0 Å². The molecule has 1 saturated heterocycles. The van der Waals surface area contributed by atoms with E-state index in [9.17, 15) is 4.39 Å². The Bertz CT molecular complexity index is 1140. The van der Waals surface area contributed by atoms with Crippen molar-refractivity contribution in [2.75, 3.05) is 24.5 Å². The summed E-state index contributed by atoms with van der Waals surface area (Å²) in [7, 11) is 0. The van der Waals surface area contributed by atoms with Crippen molar-refractivity contribution in [3.05, 3.63) is 66.7 Å². The molecule has 6 nitrogen and oxygen atoms in total.